The molecule has 1 amide bonds. The summed E-state index contributed by atoms with van der Waals surface area (Å²) < 4.78 is 0. The lowest BCUT2D eigenvalue weighted by atomic mass is 9.88. The van der Waals surface area contributed by atoms with Crippen molar-refractivity contribution in [2.24, 2.45) is 5.92 Å². The molecular formula is C15H17N3O2S. The number of aromatic amines is 1. The normalized spacial score (nSPS) is 20.4. The number of amides is 1. The van der Waals surface area contributed by atoms with Crippen molar-refractivity contribution < 1.29 is 9.90 Å². The van der Waals surface area contributed by atoms with Crippen molar-refractivity contribution in [3.05, 3.63) is 28.3 Å². The third-order valence-corrected chi connectivity index (χ3v) is 5.16. The van der Waals surface area contributed by atoms with Gasteiger partial charge in [0.1, 0.15) is 11.3 Å². The zero-order valence-electron chi connectivity index (χ0n) is 11.8. The summed E-state index contributed by atoms with van der Waals surface area (Å²) in [6.07, 6.45) is 4.00. The molecule has 0 aromatic carbocycles. The molecule has 3 heterocycles. The molecule has 1 aliphatic heterocycles. The second-order valence-corrected chi connectivity index (χ2v) is 7.16. The summed E-state index contributed by atoms with van der Waals surface area (Å²) in [5.74, 6) is 0.359. The molecule has 0 bridgehead atoms. The van der Waals surface area contributed by atoms with Gasteiger partial charge in [0.25, 0.3) is 5.91 Å². The number of H-pyrrole nitrogens is 1. The lowest BCUT2D eigenvalue weighted by molar-refractivity contribution is -0.0959. The number of nitrogens with zero attached hydrogens (tertiary/aromatic N) is 2. The largest absolute Gasteiger partial charge is 0.386 e. The third kappa shape index (κ3) is 2.18. The van der Waals surface area contributed by atoms with Gasteiger partial charge in [-0.2, -0.15) is 0 Å². The fraction of sp³-hybridized carbons (Fsp3) is 0.467. The zero-order chi connectivity index (χ0) is 14.6. The maximum absolute atomic E-state index is 12.4. The van der Waals surface area contributed by atoms with E-state index < -0.39 is 5.60 Å². The third-order valence-electron chi connectivity index (χ3n) is 4.38. The van der Waals surface area contributed by atoms with E-state index in [4.69, 9.17) is 0 Å². The predicted octanol–water partition coefficient (Wildman–Crippen LogP) is 2.04. The fourth-order valence-corrected chi connectivity index (χ4v) is 3.59. The van der Waals surface area contributed by atoms with Crippen molar-refractivity contribution in [3.63, 3.8) is 0 Å². The molecule has 2 fully saturated rings. The number of thiazole rings is 1. The van der Waals surface area contributed by atoms with Crippen molar-refractivity contribution >= 4 is 17.2 Å². The van der Waals surface area contributed by atoms with Crippen LogP contribution in [0.3, 0.4) is 0 Å². The monoisotopic (exact) mass is 303 g/mol. The van der Waals surface area contributed by atoms with Crippen LogP contribution in [0.5, 0.6) is 0 Å². The van der Waals surface area contributed by atoms with E-state index in [1.54, 1.807) is 16.2 Å². The minimum absolute atomic E-state index is 0.0430. The van der Waals surface area contributed by atoms with Gasteiger partial charge in [0.2, 0.25) is 0 Å². The van der Waals surface area contributed by atoms with E-state index in [2.05, 4.69) is 9.97 Å². The summed E-state index contributed by atoms with van der Waals surface area (Å²) in [6.45, 7) is 2.88. The van der Waals surface area contributed by atoms with Gasteiger partial charge in [0.05, 0.1) is 23.8 Å². The van der Waals surface area contributed by atoms with Crippen molar-refractivity contribution in [1.29, 1.82) is 0 Å². The Hall–Kier alpha value is -1.66. The van der Waals surface area contributed by atoms with E-state index in [9.17, 15) is 9.90 Å². The average Bonchev–Trinajstić information content (AvgIpc) is 3.01. The summed E-state index contributed by atoms with van der Waals surface area (Å²) in [5.41, 5.74) is 1.76. The van der Waals surface area contributed by atoms with E-state index in [0.717, 1.165) is 29.1 Å². The van der Waals surface area contributed by atoms with Crippen LogP contribution >= 0.6 is 11.3 Å². The van der Waals surface area contributed by atoms with Crippen LogP contribution in [-0.4, -0.2) is 44.6 Å². The average molecular weight is 303 g/mol. The first-order valence-corrected chi connectivity index (χ1v) is 8.06. The number of carbonyl (C=O) groups is 1. The Labute approximate surface area is 126 Å². The predicted molar refractivity (Wildman–Crippen MR) is 80.2 cm³/mol. The Bertz CT molecular complexity index is 695. The first-order chi connectivity index (χ1) is 10.0. The molecule has 1 aliphatic carbocycles. The molecule has 21 heavy (non-hydrogen) atoms. The molecule has 2 aliphatic rings. The summed E-state index contributed by atoms with van der Waals surface area (Å²) >= 11 is 1.60. The molecule has 1 saturated heterocycles. The highest BCUT2D eigenvalue weighted by Gasteiger charge is 2.53. The molecule has 5 nitrogen and oxygen atoms in total. The number of rotatable bonds is 3. The molecule has 0 atom stereocenters. The molecule has 0 spiro atoms. The number of nitrogens with one attached hydrogen (secondary N) is 1. The molecule has 6 heteroatoms. The molecule has 4 rings (SSSR count). The molecular weight excluding hydrogens is 286 g/mol. The standard InChI is InChI=1S/C15H17N3O2S/c1-9-17-13(6-21-9)10-4-12(16-5-10)14(19)18-7-15(20,8-18)11-2-3-11/h4-6,11,16,20H,2-3,7-8H2,1H3. The lowest BCUT2D eigenvalue weighted by Crippen LogP contribution is -2.64. The fourth-order valence-electron chi connectivity index (χ4n) is 2.97. The van der Waals surface area contributed by atoms with Crippen molar-refractivity contribution in [3.8, 4) is 11.3 Å². The van der Waals surface area contributed by atoms with E-state index in [-0.39, 0.29) is 5.91 Å². The number of aliphatic hydroxyl groups is 1. The molecule has 2 N–H and O–H groups in total. The quantitative estimate of drug-likeness (QED) is 0.911. The van der Waals surface area contributed by atoms with Gasteiger partial charge in [-0.3, -0.25) is 4.79 Å². The summed E-state index contributed by atoms with van der Waals surface area (Å²) in [4.78, 5) is 21.5. The molecule has 2 aromatic heterocycles. The van der Waals surface area contributed by atoms with Gasteiger partial charge in [-0.1, -0.05) is 0 Å². The summed E-state index contributed by atoms with van der Waals surface area (Å²) in [5, 5.41) is 13.3. The van der Waals surface area contributed by atoms with Crippen LogP contribution in [0, 0.1) is 12.8 Å². The van der Waals surface area contributed by atoms with Crippen LogP contribution < -0.4 is 0 Å². The van der Waals surface area contributed by atoms with Crippen molar-refractivity contribution in [1.82, 2.24) is 14.9 Å². The van der Waals surface area contributed by atoms with Crippen LogP contribution in [0.2, 0.25) is 0 Å². The highest BCUT2D eigenvalue weighted by molar-refractivity contribution is 7.09. The Kier molecular flexibility index (Phi) is 2.74. The Morgan fingerprint density at radius 1 is 1.52 bits per heavy atom. The zero-order valence-corrected chi connectivity index (χ0v) is 12.6. The maximum atomic E-state index is 12.4. The first-order valence-electron chi connectivity index (χ1n) is 7.18. The number of aryl methyl sites for hydroxylation is 1. The second kappa shape index (κ2) is 4.42. The van der Waals surface area contributed by atoms with Gasteiger partial charge in [0.15, 0.2) is 0 Å². The van der Waals surface area contributed by atoms with Gasteiger partial charge in [-0.15, -0.1) is 11.3 Å². The highest BCUT2D eigenvalue weighted by Crippen LogP contribution is 2.44. The highest BCUT2D eigenvalue weighted by atomic mass is 32.1. The van der Waals surface area contributed by atoms with Crippen LogP contribution in [0.15, 0.2) is 17.6 Å². The van der Waals surface area contributed by atoms with E-state index in [0.29, 0.717) is 24.7 Å². The first kappa shape index (κ1) is 13.0. The van der Waals surface area contributed by atoms with E-state index in [1.807, 2.05) is 24.6 Å². The number of hydrogen-bond acceptors (Lipinski definition) is 4. The van der Waals surface area contributed by atoms with Gasteiger partial charge >= 0.3 is 0 Å². The Morgan fingerprint density at radius 3 is 2.90 bits per heavy atom. The van der Waals surface area contributed by atoms with Crippen molar-refractivity contribution in [2.75, 3.05) is 13.1 Å². The Morgan fingerprint density at radius 2 is 2.29 bits per heavy atom. The van der Waals surface area contributed by atoms with Crippen LogP contribution in [0.4, 0.5) is 0 Å². The van der Waals surface area contributed by atoms with Crippen molar-refractivity contribution in [2.45, 2.75) is 25.4 Å². The minimum atomic E-state index is -0.628. The lowest BCUT2D eigenvalue weighted by Gasteiger charge is -2.46. The molecule has 1 saturated carbocycles. The number of β-amino-alcohol motifs (C(OH)–C–C–N with tert-alkyl or cyclic N) is 1. The summed E-state index contributed by atoms with van der Waals surface area (Å²) in [7, 11) is 0. The van der Waals surface area contributed by atoms with Crippen LogP contribution in [0.1, 0.15) is 28.3 Å². The minimum Gasteiger partial charge on any atom is -0.386 e. The van der Waals surface area contributed by atoms with Crippen LogP contribution in [0.25, 0.3) is 11.3 Å². The molecule has 2 aromatic rings. The number of hydrogen-bond donors (Lipinski definition) is 2. The van der Waals surface area contributed by atoms with E-state index in [1.165, 1.54) is 0 Å². The number of likely N-dealkylation sites (tertiary alicyclic amines) is 1. The van der Waals surface area contributed by atoms with E-state index >= 15 is 0 Å². The van der Waals surface area contributed by atoms with Gasteiger partial charge in [0, 0.05) is 17.1 Å². The SMILES string of the molecule is Cc1nc(-c2c[nH]c(C(=O)N3CC(O)(C4CC4)C3)c2)cs1. The smallest absolute Gasteiger partial charge is 0.270 e. The molecule has 0 unspecified atom stereocenters. The van der Waals surface area contributed by atoms with Gasteiger partial charge in [-0.05, 0) is 31.7 Å². The molecule has 110 valence electrons. The second-order valence-electron chi connectivity index (χ2n) is 6.09. The van der Waals surface area contributed by atoms with Crippen LogP contribution in [-0.2, 0) is 0 Å². The topological polar surface area (TPSA) is 69.2 Å². The number of carbonyl (C=O) groups excluding carboxylic acids is 1. The van der Waals surface area contributed by atoms with Gasteiger partial charge < -0.3 is 15.0 Å². The molecule has 0 radical (unpaired) electrons. The maximum Gasteiger partial charge on any atom is 0.270 e. The number of aromatic nitrogens is 2. The summed E-state index contributed by atoms with van der Waals surface area (Å²) in [6, 6.07) is 1.84. The van der Waals surface area contributed by atoms with Gasteiger partial charge in [-0.25, -0.2) is 4.98 Å². The Balaban J connectivity index is 1.47.